The van der Waals surface area contributed by atoms with Crippen LogP contribution in [0.4, 0.5) is 4.39 Å². The summed E-state index contributed by atoms with van der Waals surface area (Å²) in [5, 5.41) is 0.977. The number of rotatable bonds is 0. The van der Waals surface area contributed by atoms with Gasteiger partial charge in [0, 0.05) is 0 Å². The van der Waals surface area contributed by atoms with Crippen LogP contribution in [0.5, 0.6) is 0 Å². The van der Waals surface area contributed by atoms with Gasteiger partial charge in [-0.1, -0.05) is 12.1 Å². The third kappa shape index (κ3) is 1.04. The van der Waals surface area contributed by atoms with E-state index in [1.54, 1.807) is 6.07 Å². The molecule has 0 aliphatic heterocycles. The van der Waals surface area contributed by atoms with E-state index in [1.165, 1.54) is 17.4 Å². The molecule has 0 spiro atoms. The fraction of sp³-hybridized carbons (Fsp3) is 0.111. The van der Waals surface area contributed by atoms with Crippen LogP contribution >= 0.6 is 24.0 Å². The Morgan fingerprint density at radius 3 is 2.83 bits per heavy atom. The van der Waals surface area contributed by atoms with Crippen molar-refractivity contribution in [2.24, 2.45) is 0 Å². The van der Waals surface area contributed by atoms with Crippen LogP contribution in [-0.2, 0) is 0 Å². The molecule has 1 aromatic carbocycles. The minimum absolute atomic E-state index is 0.152. The highest BCUT2D eigenvalue weighted by molar-refractivity contribution is 7.83. The summed E-state index contributed by atoms with van der Waals surface area (Å²) < 4.78 is 14.8. The first-order valence-electron chi connectivity index (χ1n) is 3.56. The zero-order valence-electron chi connectivity index (χ0n) is 6.47. The molecule has 1 heterocycles. The summed E-state index contributed by atoms with van der Waals surface area (Å²) in [5.41, 5.74) is 1.07. The Kier molecular flexibility index (Phi) is 1.85. The average Bonchev–Trinajstić information content (AvgIpc) is 2.32. The van der Waals surface area contributed by atoms with Crippen molar-refractivity contribution in [2.75, 3.05) is 0 Å². The van der Waals surface area contributed by atoms with E-state index in [0.29, 0.717) is 4.70 Å². The van der Waals surface area contributed by atoms with Crippen molar-refractivity contribution >= 4 is 34.1 Å². The first-order valence-corrected chi connectivity index (χ1v) is 4.83. The number of halogens is 1. The SMILES string of the molecule is Cc1c(S)sc2c(F)cccc12. The van der Waals surface area contributed by atoms with Gasteiger partial charge in [-0.3, -0.25) is 0 Å². The van der Waals surface area contributed by atoms with Crippen LogP contribution in [0.2, 0.25) is 0 Å². The van der Waals surface area contributed by atoms with E-state index >= 15 is 0 Å². The maximum absolute atomic E-state index is 13.2. The van der Waals surface area contributed by atoms with Crippen molar-refractivity contribution in [3.8, 4) is 0 Å². The summed E-state index contributed by atoms with van der Waals surface area (Å²) in [5.74, 6) is -0.152. The van der Waals surface area contributed by atoms with E-state index in [4.69, 9.17) is 0 Å². The summed E-state index contributed by atoms with van der Waals surface area (Å²) in [7, 11) is 0. The van der Waals surface area contributed by atoms with E-state index in [9.17, 15) is 4.39 Å². The molecule has 0 saturated heterocycles. The Hall–Kier alpha value is -0.540. The van der Waals surface area contributed by atoms with E-state index < -0.39 is 0 Å². The minimum atomic E-state index is -0.152. The predicted molar refractivity (Wildman–Crippen MR) is 53.8 cm³/mol. The molecule has 0 unspecified atom stereocenters. The van der Waals surface area contributed by atoms with Gasteiger partial charge in [-0.05, 0) is 23.9 Å². The van der Waals surface area contributed by atoms with Gasteiger partial charge in [0.2, 0.25) is 0 Å². The monoisotopic (exact) mass is 198 g/mol. The second-order valence-corrected chi connectivity index (χ2v) is 4.42. The molecule has 0 aliphatic carbocycles. The van der Waals surface area contributed by atoms with Crippen LogP contribution in [0.1, 0.15) is 5.56 Å². The van der Waals surface area contributed by atoms with E-state index in [1.807, 2.05) is 13.0 Å². The summed E-state index contributed by atoms with van der Waals surface area (Å²) in [6.45, 7) is 1.96. The summed E-state index contributed by atoms with van der Waals surface area (Å²) in [4.78, 5) is 0. The van der Waals surface area contributed by atoms with Gasteiger partial charge in [0.25, 0.3) is 0 Å². The summed E-state index contributed by atoms with van der Waals surface area (Å²) in [6.07, 6.45) is 0. The lowest BCUT2D eigenvalue weighted by molar-refractivity contribution is 0.641. The molecular weight excluding hydrogens is 191 g/mol. The van der Waals surface area contributed by atoms with Crippen LogP contribution in [-0.4, -0.2) is 0 Å². The molecule has 0 N–H and O–H groups in total. The topological polar surface area (TPSA) is 0 Å². The van der Waals surface area contributed by atoms with Gasteiger partial charge in [0.15, 0.2) is 0 Å². The van der Waals surface area contributed by atoms with Gasteiger partial charge in [0.05, 0.1) is 8.91 Å². The first kappa shape index (κ1) is 8.08. The molecule has 1 aromatic heterocycles. The average molecular weight is 198 g/mol. The number of thiol groups is 1. The molecule has 0 fully saturated rings. The van der Waals surface area contributed by atoms with Gasteiger partial charge in [0.1, 0.15) is 5.82 Å². The standard InChI is InChI=1S/C9H7FS2/c1-5-6-3-2-4-7(10)8(6)12-9(5)11/h2-4,11H,1H3. The molecule has 0 nitrogen and oxygen atoms in total. The van der Waals surface area contributed by atoms with Gasteiger partial charge in [-0.25, -0.2) is 4.39 Å². The number of hydrogen-bond donors (Lipinski definition) is 1. The summed E-state index contributed by atoms with van der Waals surface area (Å²) in [6, 6.07) is 5.13. The molecule has 0 bridgehead atoms. The van der Waals surface area contributed by atoms with Gasteiger partial charge in [-0.2, -0.15) is 0 Å². The lowest BCUT2D eigenvalue weighted by Crippen LogP contribution is -1.72. The Morgan fingerprint density at radius 2 is 2.17 bits per heavy atom. The fourth-order valence-corrected chi connectivity index (χ4v) is 2.54. The third-order valence-corrected chi connectivity index (χ3v) is 3.62. The lowest BCUT2D eigenvalue weighted by atomic mass is 10.2. The highest BCUT2D eigenvalue weighted by Gasteiger charge is 2.07. The number of hydrogen-bond acceptors (Lipinski definition) is 2. The maximum atomic E-state index is 13.2. The van der Waals surface area contributed by atoms with Crippen molar-refractivity contribution < 1.29 is 4.39 Å². The second-order valence-electron chi connectivity index (χ2n) is 2.65. The number of aryl methyl sites for hydroxylation is 1. The highest BCUT2D eigenvalue weighted by atomic mass is 32.2. The molecule has 0 amide bonds. The van der Waals surface area contributed by atoms with Crippen LogP contribution in [0, 0.1) is 12.7 Å². The molecule has 0 aliphatic rings. The van der Waals surface area contributed by atoms with Crippen LogP contribution in [0.25, 0.3) is 10.1 Å². The molecule has 3 heteroatoms. The summed E-state index contributed by atoms with van der Waals surface area (Å²) >= 11 is 5.65. The Labute approximate surface area is 79.4 Å². The lowest BCUT2D eigenvalue weighted by Gasteiger charge is -1.91. The Morgan fingerprint density at radius 1 is 1.42 bits per heavy atom. The molecule has 0 radical (unpaired) electrons. The molecule has 62 valence electrons. The van der Waals surface area contributed by atoms with Crippen molar-refractivity contribution in [3.63, 3.8) is 0 Å². The van der Waals surface area contributed by atoms with E-state index in [-0.39, 0.29) is 5.82 Å². The third-order valence-electron chi connectivity index (χ3n) is 1.89. The molecule has 0 atom stereocenters. The maximum Gasteiger partial charge on any atom is 0.141 e. The predicted octanol–water partition coefficient (Wildman–Crippen LogP) is 3.64. The Bertz CT molecular complexity index is 431. The van der Waals surface area contributed by atoms with Crippen molar-refractivity contribution in [1.29, 1.82) is 0 Å². The van der Waals surface area contributed by atoms with Gasteiger partial charge in [-0.15, -0.1) is 24.0 Å². The van der Waals surface area contributed by atoms with Gasteiger partial charge < -0.3 is 0 Å². The van der Waals surface area contributed by atoms with Crippen molar-refractivity contribution in [3.05, 3.63) is 29.6 Å². The smallest absolute Gasteiger partial charge is 0.141 e. The number of thiophene rings is 1. The molecule has 2 rings (SSSR count). The van der Waals surface area contributed by atoms with E-state index in [2.05, 4.69) is 12.6 Å². The first-order chi connectivity index (χ1) is 5.70. The molecule has 12 heavy (non-hydrogen) atoms. The normalized spacial score (nSPS) is 10.9. The quantitative estimate of drug-likeness (QED) is 0.614. The molecular formula is C9H7FS2. The van der Waals surface area contributed by atoms with Crippen molar-refractivity contribution in [2.45, 2.75) is 11.1 Å². The van der Waals surface area contributed by atoms with Gasteiger partial charge >= 0.3 is 0 Å². The van der Waals surface area contributed by atoms with Crippen LogP contribution in [0.3, 0.4) is 0 Å². The fourth-order valence-electron chi connectivity index (χ4n) is 1.20. The molecule has 2 aromatic rings. The van der Waals surface area contributed by atoms with E-state index in [0.717, 1.165) is 15.2 Å². The largest absolute Gasteiger partial charge is 0.205 e. The second kappa shape index (κ2) is 2.75. The zero-order valence-corrected chi connectivity index (χ0v) is 8.18. The van der Waals surface area contributed by atoms with Crippen LogP contribution < -0.4 is 0 Å². The molecule has 0 saturated carbocycles. The minimum Gasteiger partial charge on any atom is -0.205 e. The highest BCUT2D eigenvalue weighted by Crippen LogP contribution is 2.34. The number of fused-ring (bicyclic) bond motifs is 1. The number of benzene rings is 1. The zero-order chi connectivity index (χ0) is 8.72. The van der Waals surface area contributed by atoms with Crippen molar-refractivity contribution in [1.82, 2.24) is 0 Å². The van der Waals surface area contributed by atoms with Crippen LogP contribution in [0.15, 0.2) is 22.4 Å². The Balaban J connectivity index is 2.95.